The summed E-state index contributed by atoms with van der Waals surface area (Å²) in [5, 5.41) is 27.2. The standard InChI is InChI=1S/C21H24N6O/c1-26(17-11-14-3-4-15(12-17)23-14)21-8-7-19(24-25-21)18-6-5-16(13-20(18)28)27-10-2-9-22-27/h2,5-10,13-15,17,23,28H,3-4,11-12H2,1H3/t14-,15+,17?. The molecule has 2 saturated heterocycles. The number of benzene rings is 1. The number of nitrogens with zero attached hydrogens (tertiary/aromatic N) is 5. The number of rotatable bonds is 4. The van der Waals surface area contributed by atoms with Crippen LogP contribution in [-0.2, 0) is 0 Å². The van der Waals surface area contributed by atoms with Gasteiger partial charge in [-0.2, -0.15) is 5.10 Å². The Morgan fingerprint density at radius 3 is 2.57 bits per heavy atom. The van der Waals surface area contributed by atoms with Crippen LogP contribution in [0.1, 0.15) is 25.7 Å². The Kier molecular flexibility index (Phi) is 4.24. The van der Waals surface area contributed by atoms with Crippen molar-refractivity contribution in [2.24, 2.45) is 0 Å². The van der Waals surface area contributed by atoms with E-state index in [1.807, 2.05) is 36.5 Å². The van der Waals surface area contributed by atoms with Gasteiger partial charge in [0.25, 0.3) is 0 Å². The van der Waals surface area contributed by atoms with Crippen LogP contribution in [0.4, 0.5) is 5.82 Å². The molecule has 144 valence electrons. The molecule has 0 radical (unpaired) electrons. The lowest BCUT2D eigenvalue weighted by molar-refractivity contribution is 0.353. The van der Waals surface area contributed by atoms with Gasteiger partial charge in [-0.3, -0.25) is 0 Å². The van der Waals surface area contributed by atoms with Gasteiger partial charge in [-0.15, -0.1) is 10.2 Å². The Bertz CT molecular complexity index is 944. The van der Waals surface area contributed by atoms with Gasteiger partial charge in [0.15, 0.2) is 5.82 Å². The van der Waals surface area contributed by atoms with Crippen molar-refractivity contribution in [1.29, 1.82) is 0 Å². The average Bonchev–Trinajstić information content (AvgIpc) is 3.37. The molecule has 2 fully saturated rings. The maximum absolute atomic E-state index is 10.5. The molecule has 2 bridgehead atoms. The van der Waals surface area contributed by atoms with Crippen molar-refractivity contribution in [1.82, 2.24) is 25.3 Å². The molecule has 2 N–H and O–H groups in total. The first kappa shape index (κ1) is 17.2. The Hall–Kier alpha value is -2.93. The Morgan fingerprint density at radius 2 is 1.93 bits per heavy atom. The summed E-state index contributed by atoms with van der Waals surface area (Å²) in [6.45, 7) is 0. The van der Waals surface area contributed by atoms with E-state index in [0.29, 0.717) is 29.4 Å². The zero-order valence-electron chi connectivity index (χ0n) is 15.9. The minimum absolute atomic E-state index is 0.165. The van der Waals surface area contributed by atoms with Crippen LogP contribution < -0.4 is 10.2 Å². The normalized spacial score (nSPS) is 23.7. The molecule has 1 aromatic carbocycles. The number of anilines is 1. The lowest BCUT2D eigenvalue weighted by Gasteiger charge is -2.36. The first-order valence-corrected chi connectivity index (χ1v) is 9.83. The van der Waals surface area contributed by atoms with Gasteiger partial charge in [0.1, 0.15) is 5.75 Å². The lowest BCUT2D eigenvalue weighted by atomic mass is 9.98. The molecule has 2 aliphatic heterocycles. The van der Waals surface area contributed by atoms with Crippen LogP contribution in [0.5, 0.6) is 5.75 Å². The molecular formula is C21H24N6O. The largest absolute Gasteiger partial charge is 0.507 e. The van der Waals surface area contributed by atoms with E-state index in [-0.39, 0.29) is 5.75 Å². The average molecular weight is 376 g/mol. The van der Waals surface area contributed by atoms with E-state index in [2.05, 4.69) is 32.6 Å². The summed E-state index contributed by atoms with van der Waals surface area (Å²) in [6.07, 6.45) is 8.43. The number of hydrogen-bond acceptors (Lipinski definition) is 6. The van der Waals surface area contributed by atoms with Crippen LogP contribution in [0.3, 0.4) is 0 Å². The van der Waals surface area contributed by atoms with Crippen LogP contribution in [0.25, 0.3) is 16.9 Å². The summed E-state index contributed by atoms with van der Waals surface area (Å²) >= 11 is 0. The fraction of sp³-hybridized carbons (Fsp3) is 0.381. The smallest absolute Gasteiger partial charge is 0.151 e. The van der Waals surface area contributed by atoms with Crippen molar-refractivity contribution in [3.8, 4) is 22.7 Å². The molecule has 3 atom stereocenters. The number of aromatic hydroxyl groups is 1. The van der Waals surface area contributed by atoms with Crippen molar-refractivity contribution < 1.29 is 5.11 Å². The third kappa shape index (κ3) is 3.11. The number of aromatic nitrogens is 4. The molecule has 7 nitrogen and oxygen atoms in total. The molecule has 0 spiro atoms. The molecular weight excluding hydrogens is 352 g/mol. The van der Waals surface area contributed by atoms with Gasteiger partial charge in [0.05, 0.1) is 11.4 Å². The highest BCUT2D eigenvalue weighted by atomic mass is 16.3. The van der Waals surface area contributed by atoms with Gasteiger partial charge in [-0.1, -0.05) is 0 Å². The van der Waals surface area contributed by atoms with E-state index >= 15 is 0 Å². The number of hydrogen-bond donors (Lipinski definition) is 2. The first-order valence-electron chi connectivity index (χ1n) is 9.83. The third-order valence-electron chi connectivity index (χ3n) is 6.03. The molecule has 5 rings (SSSR count). The Labute approximate surface area is 164 Å². The highest BCUT2D eigenvalue weighted by Crippen LogP contribution is 2.32. The highest BCUT2D eigenvalue weighted by molar-refractivity contribution is 5.69. The van der Waals surface area contributed by atoms with Crippen LogP contribution in [-0.4, -0.2) is 50.3 Å². The number of nitrogens with one attached hydrogen (secondary N) is 1. The number of fused-ring (bicyclic) bond motifs is 2. The van der Waals surface area contributed by atoms with Gasteiger partial charge in [0.2, 0.25) is 0 Å². The minimum Gasteiger partial charge on any atom is -0.507 e. The minimum atomic E-state index is 0.165. The maximum atomic E-state index is 10.5. The zero-order chi connectivity index (χ0) is 19.1. The van der Waals surface area contributed by atoms with Crippen molar-refractivity contribution in [3.63, 3.8) is 0 Å². The van der Waals surface area contributed by atoms with Crippen molar-refractivity contribution in [2.45, 2.75) is 43.8 Å². The molecule has 0 saturated carbocycles. The van der Waals surface area contributed by atoms with Crippen LogP contribution in [0, 0.1) is 0 Å². The van der Waals surface area contributed by atoms with E-state index in [9.17, 15) is 5.11 Å². The summed E-state index contributed by atoms with van der Waals surface area (Å²) in [7, 11) is 2.11. The van der Waals surface area contributed by atoms with E-state index in [1.54, 1.807) is 16.9 Å². The van der Waals surface area contributed by atoms with Gasteiger partial charge in [-0.25, -0.2) is 4.68 Å². The number of piperidine rings is 1. The maximum Gasteiger partial charge on any atom is 0.151 e. The second-order valence-corrected chi connectivity index (χ2v) is 7.80. The second-order valence-electron chi connectivity index (χ2n) is 7.80. The summed E-state index contributed by atoms with van der Waals surface area (Å²) in [5.41, 5.74) is 2.13. The molecule has 0 aliphatic carbocycles. The topological polar surface area (TPSA) is 79.1 Å². The van der Waals surface area contributed by atoms with E-state index in [1.165, 1.54) is 12.8 Å². The highest BCUT2D eigenvalue weighted by Gasteiger charge is 2.35. The predicted octanol–water partition coefficient (Wildman–Crippen LogP) is 2.75. The Balaban J connectivity index is 1.35. The van der Waals surface area contributed by atoms with Crippen LogP contribution in [0.15, 0.2) is 48.8 Å². The van der Waals surface area contributed by atoms with Crippen LogP contribution in [0.2, 0.25) is 0 Å². The fourth-order valence-corrected chi connectivity index (χ4v) is 4.49. The van der Waals surface area contributed by atoms with Gasteiger partial charge < -0.3 is 15.3 Å². The molecule has 7 heteroatoms. The second kappa shape index (κ2) is 6.91. The molecule has 1 unspecified atom stereocenters. The summed E-state index contributed by atoms with van der Waals surface area (Å²) < 4.78 is 1.71. The van der Waals surface area contributed by atoms with E-state index in [4.69, 9.17) is 0 Å². The van der Waals surface area contributed by atoms with Crippen molar-refractivity contribution in [2.75, 3.05) is 11.9 Å². The number of phenols is 1. The summed E-state index contributed by atoms with van der Waals surface area (Å²) in [6, 6.07) is 13.0. The van der Waals surface area contributed by atoms with E-state index in [0.717, 1.165) is 24.3 Å². The molecule has 3 aromatic rings. The first-order chi connectivity index (χ1) is 13.7. The Morgan fingerprint density at radius 1 is 1.11 bits per heavy atom. The molecule has 0 amide bonds. The van der Waals surface area contributed by atoms with E-state index < -0.39 is 0 Å². The van der Waals surface area contributed by atoms with Gasteiger partial charge in [0, 0.05) is 49.2 Å². The summed E-state index contributed by atoms with van der Waals surface area (Å²) in [4.78, 5) is 2.25. The third-order valence-corrected chi connectivity index (χ3v) is 6.03. The van der Waals surface area contributed by atoms with Crippen molar-refractivity contribution in [3.05, 3.63) is 48.8 Å². The quantitative estimate of drug-likeness (QED) is 0.729. The monoisotopic (exact) mass is 376 g/mol. The van der Waals surface area contributed by atoms with Crippen molar-refractivity contribution >= 4 is 5.82 Å². The van der Waals surface area contributed by atoms with Crippen LogP contribution >= 0.6 is 0 Å². The fourth-order valence-electron chi connectivity index (χ4n) is 4.49. The van der Waals surface area contributed by atoms with Gasteiger partial charge >= 0.3 is 0 Å². The molecule has 28 heavy (non-hydrogen) atoms. The number of phenolic OH excluding ortho intramolecular Hbond substituents is 1. The summed E-state index contributed by atoms with van der Waals surface area (Å²) in [5.74, 6) is 1.04. The van der Waals surface area contributed by atoms with Gasteiger partial charge in [-0.05, 0) is 56.0 Å². The lowest BCUT2D eigenvalue weighted by Crippen LogP contribution is -2.47. The SMILES string of the molecule is CN(c1ccc(-c2ccc(-n3cccn3)cc2O)nn1)C1C[C@H]2CC[C@@H](C1)N2. The predicted molar refractivity (Wildman–Crippen MR) is 108 cm³/mol. The molecule has 2 aromatic heterocycles. The molecule has 4 heterocycles. The zero-order valence-corrected chi connectivity index (χ0v) is 15.9. The molecule has 2 aliphatic rings.